The third-order valence-electron chi connectivity index (χ3n) is 5.16. The summed E-state index contributed by atoms with van der Waals surface area (Å²) in [6.07, 6.45) is 2.59. The van der Waals surface area contributed by atoms with Gasteiger partial charge in [0.15, 0.2) is 0 Å². The molecule has 0 fully saturated rings. The fraction of sp³-hybridized carbons (Fsp3) is 0.154. The predicted molar refractivity (Wildman–Crippen MR) is 129 cm³/mol. The van der Waals surface area contributed by atoms with Crippen LogP contribution in [0, 0.1) is 0 Å². The molecule has 3 aromatic carbocycles. The number of benzene rings is 3. The number of para-hydroxylation sites is 1. The Morgan fingerprint density at radius 2 is 1.59 bits per heavy atom. The first kappa shape index (κ1) is 21.2. The smallest absolute Gasteiger partial charge is 0.319 e. The molecule has 0 radical (unpaired) electrons. The lowest BCUT2D eigenvalue weighted by atomic mass is 10.2. The highest BCUT2D eigenvalue weighted by molar-refractivity contribution is 5.89. The van der Waals surface area contributed by atoms with E-state index in [2.05, 4.69) is 39.8 Å². The van der Waals surface area contributed by atoms with E-state index in [0.29, 0.717) is 13.0 Å². The Labute approximate surface area is 188 Å². The molecule has 0 unspecified atom stereocenters. The standard InChI is InChI=1S/C26H27N5O/c1-30(20-21-8-4-2-5-9-21)24-14-12-22(13-15-24)28-26(32)27-18-16-23-17-19-31(29-23)25-10-6-3-7-11-25/h2-15,17,19H,16,18,20H2,1H3,(H2,27,28,32). The van der Waals surface area contributed by atoms with Crippen LogP contribution < -0.4 is 15.5 Å². The van der Waals surface area contributed by atoms with Crippen molar-refractivity contribution in [2.75, 3.05) is 23.8 Å². The first-order valence-electron chi connectivity index (χ1n) is 10.7. The van der Waals surface area contributed by atoms with Crippen LogP contribution in [0.15, 0.2) is 97.2 Å². The van der Waals surface area contributed by atoms with Crippen LogP contribution in [0.2, 0.25) is 0 Å². The number of urea groups is 1. The second-order valence-corrected chi connectivity index (χ2v) is 7.61. The second kappa shape index (κ2) is 10.3. The van der Waals surface area contributed by atoms with Gasteiger partial charge in [0.2, 0.25) is 0 Å². The normalized spacial score (nSPS) is 10.5. The summed E-state index contributed by atoms with van der Waals surface area (Å²) in [5.41, 5.74) is 5.05. The van der Waals surface area contributed by atoms with Crippen LogP contribution in [0.1, 0.15) is 11.3 Å². The number of anilines is 2. The number of aromatic nitrogens is 2. The Bertz CT molecular complexity index is 1120. The zero-order valence-corrected chi connectivity index (χ0v) is 18.1. The van der Waals surface area contributed by atoms with Gasteiger partial charge in [-0.15, -0.1) is 0 Å². The van der Waals surface area contributed by atoms with Gasteiger partial charge in [0, 0.05) is 44.1 Å². The van der Waals surface area contributed by atoms with E-state index in [9.17, 15) is 4.79 Å². The summed E-state index contributed by atoms with van der Waals surface area (Å²) < 4.78 is 1.84. The molecule has 1 aromatic heterocycles. The maximum absolute atomic E-state index is 12.2. The van der Waals surface area contributed by atoms with Crippen molar-refractivity contribution in [2.24, 2.45) is 0 Å². The number of hydrogen-bond donors (Lipinski definition) is 2. The summed E-state index contributed by atoms with van der Waals surface area (Å²) in [6, 6.07) is 29.9. The molecule has 162 valence electrons. The lowest BCUT2D eigenvalue weighted by Crippen LogP contribution is -2.30. The van der Waals surface area contributed by atoms with Crippen molar-refractivity contribution in [3.05, 3.63) is 108 Å². The molecule has 0 atom stereocenters. The van der Waals surface area contributed by atoms with Gasteiger partial charge in [-0.25, -0.2) is 9.48 Å². The summed E-state index contributed by atoms with van der Waals surface area (Å²) in [5, 5.41) is 10.3. The van der Waals surface area contributed by atoms with Crippen molar-refractivity contribution < 1.29 is 4.79 Å². The number of carbonyl (C=O) groups is 1. The highest BCUT2D eigenvalue weighted by atomic mass is 16.2. The highest BCUT2D eigenvalue weighted by Crippen LogP contribution is 2.18. The highest BCUT2D eigenvalue weighted by Gasteiger charge is 2.06. The van der Waals surface area contributed by atoms with Crippen LogP contribution >= 0.6 is 0 Å². The second-order valence-electron chi connectivity index (χ2n) is 7.61. The van der Waals surface area contributed by atoms with E-state index in [-0.39, 0.29) is 6.03 Å². The summed E-state index contributed by atoms with van der Waals surface area (Å²) in [7, 11) is 2.06. The molecule has 0 saturated carbocycles. The summed E-state index contributed by atoms with van der Waals surface area (Å²) in [5.74, 6) is 0. The number of amides is 2. The van der Waals surface area contributed by atoms with Crippen molar-refractivity contribution >= 4 is 17.4 Å². The van der Waals surface area contributed by atoms with Gasteiger partial charge in [0.25, 0.3) is 0 Å². The first-order valence-corrected chi connectivity index (χ1v) is 10.7. The summed E-state index contributed by atoms with van der Waals surface area (Å²) in [6.45, 7) is 1.34. The van der Waals surface area contributed by atoms with E-state index < -0.39 is 0 Å². The molecule has 6 heteroatoms. The van der Waals surface area contributed by atoms with Crippen molar-refractivity contribution in [3.8, 4) is 5.69 Å². The van der Waals surface area contributed by atoms with Crippen LogP contribution in [0.25, 0.3) is 5.69 Å². The van der Waals surface area contributed by atoms with E-state index in [4.69, 9.17) is 0 Å². The Morgan fingerprint density at radius 1 is 0.906 bits per heavy atom. The van der Waals surface area contributed by atoms with Crippen LogP contribution in [-0.4, -0.2) is 29.4 Å². The molecule has 6 nitrogen and oxygen atoms in total. The fourth-order valence-electron chi connectivity index (χ4n) is 3.45. The lowest BCUT2D eigenvalue weighted by molar-refractivity contribution is 0.252. The Kier molecular flexibility index (Phi) is 6.82. The fourth-order valence-corrected chi connectivity index (χ4v) is 3.45. The summed E-state index contributed by atoms with van der Waals surface area (Å²) in [4.78, 5) is 14.4. The number of nitrogens with zero attached hydrogens (tertiary/aromatic N) is 3. The molecule has 2 amide bonds. The maximum atomic E-state index is 12.2. The van der Waals surface area contributed by atoms with Crippen molar-refractivity contribution in [1.29, 1.82) is 0 Å². The molecule has 4 aromatic rings. The topological polar surface area (TPSA) is 62.2 Å². The van der Waals surface area contributed by atoms with E-state index >= 15 is 0 Å². The lowest BCUT2D eigenvalue weighted by Gasteiger charge is -2.20. The molecule has 1 heterocycles. The van der Waals surface area contributed by atoms with E-state index in [0.717, 1.165) is 29.3 Å². The largest absolute Gasteiger partial charge is 0.370 e. The van der Waals surface area contributed by atoms with E-state index in [1.165, 1.54) is 5.56 Å². The molecule has 4 rings (SSSR count). The Hall–Kier alpha value is -4.06. The molecule has 0 aliphatic carbocycles. The zero-order valence-electron chi connectivity index (χ0n) is 18.1. The minimum absolute atomic E-state index is 0.224. The molecular formula is C26H27N5O. The quantitative estimate of drug-likeness (QED) is 0.423. The summed E-state index contributed by atoms with van der Waals surface area (Å²) >= 11 is 0. The predicted octanol–water partition coefficient (Wildman–Crippen LogP) is 4.87. The average Bonchev–Trinajstić information content (AvgIpc) is 3.30. The van der Waals surface area contributed by atoms with Crippen molar-refractivity contribution in [1.82, 2.24) is 15.1 Å². The monoisotopic (exact) mass is 425 g/mol. The number of rotatable bonds is 8. The number of hydrogen-bond acceptors (Lipinski definition) is 3. The zero-order chi connectivity index (χ0) is 22.2. The van der Waals surface area contributed by atoms with Gasteiger partial charge in [0.05, 0.1) is 11.4 Å². The van der Waals surface area contributed by atoms with Crippen molar-refractivity contribution in [3.63, 3.8) is 0 Å². The number of carbonyl (C=O) groups excluding carboxylic acids is 1. The Balaban J connectivity index is 1.22. The molecule has 0 spiro atoms. The van der Waals surface area contributed by atoms with Gasteiger partial charge in [-0.05, 0) is 48.0 Å². The van der Waals surface area contributed by atoms with Gasteiger partial charge >= 0.3 is 6.03 Å². The van der Waals surface area contributed by atoms with Gasteiger partial charge in [-0.3, -0.25) is 0 Å². The van der Waals surface area contributed by atoms with E-state index in [1.807, 2.05) is 89.7 Å². The molecule has 0 aliphatic rings. The molecular weight excluding hydrogens is 398 g/mol. The molecule has 0 aliphatic heterocycles. The SMILES string of the molecule is CN(Cc1ccccc1)c1ccc(NC(=O)NCCc2ccn(-c3ccccc3)n2)cc1. The van der Waals surface area contributed by atoms with Crippen LogP contribution in [-0.2, 0) is 13.0 Å². The molecule has 32 heavy (non-hydrogen) atoms. The first-order chi connectivity index (χ1) is 15.7. The minimum atomic E-state index is -0.224. The number of nitrogens with one attached hydrogen (secondary N) is 2. The van der Waals surface area contributed by atoms with Crippen LogP contribution in [0.3, 0.4) is 0 Å². The maximum Gasteiger partial charge on any atom is 0.319 e. The van der Waals surface area contributed by atoms with Gasteiger partial charge in [-0.2, -0.15) is 5.10 Å². The van der Waals surface area contributed by atoms with Gasteiger partial charge < -0.3 is 15.5 Å². The Morgan fingerprint density at radius 3 is 2.31 bits per heavy atom. The molecule has 0 bridgehead atoms. The van der Waals surface area contributed by atoms with Gasteiger partial charge in [-0.1, -0.05) is 48.5 Å². The van der Waals surface area contributed by atoms with Crippen LogP contribution in [0.5, 0.6) is 0 Å². The third kappa shape index (κ3) is 5.76. The van der Waals surface area contributed by atoms with E-state index in [1.54, 1.807) is 0 Å². The third-order valence-corrected chi connectivity index (χ3v) is 5.16. The molecule has 2 N–H and O–H groups in total. The van der Waals surface area contributed by atoms with Crippen LogP contribution in [0.4, 0.5) is 16.2 Å². The average molecular weight is 426 g/mol. The minimum Gasteiger partial charge on any atom is -0.370 e. The molecule has 0 saturated heterocycles. The van der Waals surface area contributed by atoms with Crippen molar-refractivity contribution in [2.45, 2.75) is 13.0 Å². The van der Waals surface area contributed by atoms with Gasteiger partial charge in [0.1, 0.15) is 0 Å².